The van der Waals surface area contributed by atoms with Crippen LogP contribution in [0.1, 0.15) is 32.3 Å². The molecule has 1 atom stereocenters. The minimum atomic E-state index is 0.529. The van der Waals surface area contributed by atoms with E-state index in [0.29, 0.717) is 16.9 Å². The van der Waals surface area contributed by atoms with E-state index in [9.17, 15) is 0 Å². The van der Waals surface area contributed by atoms with Gasteiger partial charge in [0.25, 0.3) is 0 Å². The van der Waals surface area contributed by atoms with Gasteiger partial charge in [0.15, 0.2) is 0 Å². The summed E-state index contributed by atoms with van der Waals surface area (Å²) in [6.07, 6.45) is 0. The van der Waals surface area contributed by atoms with E-state index in [-0.39, 0.29) is 0 Å². The highest BCUT2D eigenvalue weighted by Crippen LogP contribution is 2.31. The van der Waals surface area contributed by atoms with Crippen molar-refractivity contribution in [3.05, 3.63) is 28.8 Å². The standard InChI is InChI=1S/C12H17ClO/c1-8(2)9(3)10-5-6-11(13)12(7-10)14-4/h5-9H,1-4H3/t9-/m0/s1. The van der Waals surface area contributed by atoms with Gasteiger partial charge >= 0.3 is 0 Å². The van der Waals surface area contributed by atoms with E-state index in [0.717, 1.165) is 5.75 Å². The summed E-state index contributed by atoms with van der Waals surface area (Å²) in [4.78, 5) is 0. The summed E-state index contributed by atoms with van der Waals surface area (Å²) in [6, 6.07) is 5.98. The fourth-order valence-electron chi connectivity index (χ4n) is 1.34. The minimum absolute atomic E-state index is 0.529. The Morgan fingerprint density at radius 3 is 2.36 bits per heavy atom. The Bertz CT molecular complexity index is 307. The Balaban J connectivity index is 3.00. The zero-order valence-electron chi connectivity index (χ0n) is 9.17. The van der Waals surface area contributed by atoms with Crippen molar-refractivity contribution in [3.63, 3.8) is 0 Å². The quantitative estimate of drug-likeness (QED) is 0.733. The number of rotatable bonds is 3. The van der Waals surface area contributed by atoms with E-state index in [1.807, 2.05) is 12.1 Å². The Morgan fingerprint density at radius 2 is 1.86 bits per heavy atom. The van der Waals surface area contributed by atoms with Crippen LogP contribution in [0.2, 0.25) is 5.02 Å². The van der Waals surface area contributed by atoms with Crippen molar-refractivity contribution in [1.82, 2.24) is 0 Å². The first-order valence-electron chi connectivity index (χ1n) is 4.89. The van der Waals surface area contributed by atoms with Crippen LogP contribution in [0.25, 0.3) is 0 Å². The van der Waals surface area contributed by atoms with E-state index in [4.69, 9.17) is 16.3 Å². The Kier molecular flexibility index (Phi) is 3.82. The van der Waals surface area contributed by atoms with Crippen molar-refractivity contribution in [1.29, 1.82) is 0 Å². The predicted molar refractivity (Wildman–Crippen MR) is 61.3 cm³/mol. The Hall–Kier alpha value is -0.690. The van der Waals surface area contributed by atoms with Gasteiger partial charge in [-0.05, 0) is 29.5 Å². The highest BCUT2D eigenvalue weighted by molar-refractivity contribution is 6.32. The Morgan fingerprint density at radius 1 is 1.21 bits per heavy atom. The lowest BCUT2D eigenvalue weighted by Gasteiger charge is -2.17. The maximum atomic E-state index is 5.96. The summed E-state index contributed by atoms with van der Waals surface area (Å²) in [6.45, 7) is 6.64. The van der Waals surface area contributed by atoms with Gasteiger partial charge < -0.3 is 4.74 Å². The second-order valence-electron chi connectivity index (χ2n) is 3.93. The lowest BCUT2D eigenvalue weighted by atomic mass is 9.90. The smallest absolute Gasteiger partial charge is 0.137 e. The highest BCUT2D eigenvalue weighted by Gasteiger charge is 2.11. The molecule has 78 valence electrons. The molecule has 1 rings (SSSR count). The monoisotopic (exact) mass is 212 g/mol. The summed E-state index contributed by atoms with van der Waals surface area (Å²) in [5.74, 6) is 1.92. The molecule has 0 unspecified atom stereocenters. The second-order valence-corrected chi connectivity index (χ2v) is 4.33. The summed E-state index contributed by atoms with van der Waals surface area (Å²) < 4.78 is 5.18. The van der Waals surface area contributed by atoms with Crippen molar-refractivity contribution in [3.8, 4) is 5.75 Å². The minimum Gasteiger partial charge on any atom is -0.495 e. The van der Waals surface area contributed by atoms with Crippen molar-refractivity contribution in [2.45, 2.75) is 26.7 Å². The average molecular weight is 213 g/mol. The maximum absolute atomic E-state index is 5.96. The van der Waals surface area contributed by atoms with Crippen molar-refractivity contribution in [2.24, 2.45) is 5.92 Å². The number of benzene rings is 1. The molecule has 0 amide bonds. The highest BCUT2D eigenvalue weighted by atomic mass is 35.5. The molecule has 1 aromatic carbocycles. The molecule has 0 heterocycles. The molecule has 0 spiro atoms. The van der Waals surface area contributed by atoms with E-state index >= 15 is 0 Å². The van der Waals surface area contributed by atoms with Gasteiger partial charge in [0.05, 0.1) is 12.1 Å². The molecule has 0 bridgehead atoms. The first kappa shape index (κ1) is 11.4. The van der Waals surface area contributed by atoms with Gasteiger partial charge in [-0.2, -0.15) is 0 Å². The third kappa shape index (κ3) is 2.42. The molecule has 0 aliphatic rings. The Labute approximate surface area is 91.0 Å². The summed E-state index contributed by atoms with van der Waals surface area (Å²) in [7, 11) is 1.64. The fourth-order valence-corrected chi connectivity index (χ4v) is 1.54. The first-order valence-corrected chi connectivity index (χ1v) is 5.27. The van der Waals surface area contributed by atoms with Crippen LogP contribution in [-0.4, -0.2) is 7.11 Å². The zero-order chi connectivity index (χ0) is 10.7. The molecule has 0 radical (unpaired) electrons. The molecule has 0 aliphatic heterocycles. The van der Waals surface area contributed by atoms with Gasteiger partial charge in [-0.3, -0.25) is 0 Å². The van der Waals surface area contributed by atoms with Crippen LogP contribution < -0.4 is 4.74 Å². The molecule has 1 aromatic rings. The molecule has 1 nitrogen and oxygen atoms in total. The van der Waals surface area contributed by atoms with E-state index in [2.05, 4.69) is 26.8 Å². The molecule has 0 aliphatic carbocycles. The van der Waals surface area contributed by atoms with Gasteiger partial charge in [0, 0.05) is 0 Å². The van der Waals surface area contributed by atoms with Crippen LogP contribution in [0.3, 0.4) is 0 Å². The molecule has 0 aromatic heterocycles. The molecule has 0 N–H and O–H groups in total. The third-order valence-corrected chi connectivity index (χ3v) is 3.01. The fraction of sp³-hybridized carbons (Fsp3) is 0.500. The van der Waals surface area contributed by atoms with Crippen molar-refractivity contribution < 1.29 is 4.74 Å². The van der Waals surface area contributed by atoms with Crippen LogP contribution in [-0.2, 0) is 0 Å². The van der Waals surface area contributed by atoms with Crippen LogP contribution >= 0.6 is 11.6 Å². The largest absolute Gasteiger partial charge is 0.495 e. The van der Waals surface area contributed by atoms with Gasteiger partial charge in [-0.25, -0.2) is 0 Å². The lowest BCUT2D eigenvalue weighted by Crippen LogP contribution is -2.02. The van der Waals surface area contributed by atoms with Crippen LogP contribution in [0.15, 0.2) is 18.2 Å². The van der Waals surface area contributed by atoms with Crippen LogP contribution in [0, 0.1) is 5.92 Å². The van der Waals surface area contributed by atoms with E-state index < -0.39 is 0 Å². The van der Waals surface area contributed by atoms with Crippen molar-refractivity contribution >= 4 is 11.6 Å². The third-order valence-electron chi connectivity index (χ3n) is 2.70. The molecular weight excluding hydrogens is 196 g/mol. The first-order chi connectivity index (χ1) is 6.56. The van der Waals surface area contributed by atoms with Gasteiger partial charge in [-0.15, -0.1) is 0 Å². The topological polar surface area (TPSA) is 9.23 Å². The summed E-state index contributed by atoms with van der Waals surface area (Å²) in [5, 5.41) is 0.673. The molecule has 2 heteroatoms. The van der Waals surface area contributed by atoms with Crippen LogP contribution in [0.5, 0.6) is 5.75 Å². The molecule has 14 heavy (non-hydrogen) atoms. The number of ether oxygens (including phenoxy) is 1. The number of hydrogen-bond donors (Lipinski definition) is 0. The van der Waals surface area contributed by atoms with Crippen LogP contribution in [0.4, 0.5) is 0 Å². The van der Waals surface area contributed by atoms with Gasteiger partial charge in [-0.1, -0.05) is 38.4 Å². The van der Waals surface area contributed by atoms with Gasteiger partial charge in [0.1, 0.15) is 5.75 Å². The van der Waals surface area contributed by atoms with Gasteiger partial charge in [0.2, 0.25) is 0 Å². The van der Waals surface area contributed by atoms with E-state index in [1.165, 1.54) is 5.56 Å². The van der Waals surface area contributed by atoms with Crippen molar-refractivity contribution in [2.75, 3.05) is 7.11 Å². The maximum Gasteiger partial charge on any atom is 0.137 e. The number of methoxy groups -OCH3 is 1. The molecule has 0 fully saturated rings. The SMILES string of the molecule is COc1cc([C@@H](C)C(C)C)ccc1Cl. The number of halogens is 1. The second kappa shape index (κ2) is 4.70. The summed E-state index contributed by atoms with van der Waals surface area (Å²) in [5.41, 5.74) is 1.28. The number of hydrogen-bond acceptors (Lipinski definition) is 1. The molecule has 0 saturated carbocycles. The molecular formula is C12H17ClO. The molecule has 0 saturated heterocycles. The summed E-state index contributed by atoms with van der Waals surface area (Å²) >= 11 is 5.96. The lowest BCUT2D eigenvalue weighted by molar-refractivity contribution is 0.413. The zero-order valence-corrected chi connectivity index (χ0v) is 9.93. The normalized spacial score (nSPS) is 13.0. The average Bonchev–Trinajstić information content (AvgIpc) is 2.17. The predicted octanol–water partition coefficient (Wildman–Crippen LogP) is 4.11. The van der Waals surface area contributed by atoms with E-state index in [1.54, 1.807) is 7.11 Å².